The highest BCUT2D eigenvalue weighted by Gasteiger charge is 2.35. The predicted octanol–water partition coefficient (Wildman–Crippen LogP) is 6.37. The topological polar surface area (TPSA) is 86.8 Å². The standard InChI is InChI=1S/C35H35ClFN3O4S/c36-32-18-10-7-13-27(32)24-39(33(23-26-11-3-1-4-12-26)35(42)38-29-14-8-9-15-29)34(41)25-40(30-16-5-2-6-17-30)45(43,44)31-21-19-28(37)20-22-31/h1-7,10-13,16-22,29,33H,8-9,14-15,23-25H2,(H,38,42)/t33-/m1/s1. The van der Waals surface area contributed by atoms with E-state index in [1.54, 1.807) is 54.6 Å². The molecule has 1 aliphatic rings. The zero-order valence-electron chi connectivity index (χ0n) is 24.7. The Morgan fingerprint density at radius 2 is 1.44 bits per heavy atom. The summed E-state index contributed by atoms with van der Waals surface area (Å²) in [6.45, 7) is -0.622. The van der Waals surface area contributed by atoms with Crippen LogP contribution in [-0.4, -0.2) is 43.8 Å². The van der Waals surface area contributed by atoms with E-state index in [-0.39, 0.29) is 35.5 Å². The Labute approximate surface area is 268 Å². The first kappa shape index (κ1) is 32.2. The SMILES string of the molecule is O=C(NC1CCCC1)[C@@H](Cc1ccccc1)N(Cc1ccccc1Cl)C(=O)CN(c1ccccc1)S(=O)(=O)c1ccc(F)cc1. The summed E-state index contributed by atoms with van der Waals surface area (Å²) in [7, 11) is -4.31. The van der Waals surface area contributed by atoms with Gasteiger partial charge in [0.05, 0.1) is 10.6 Å². The van der Waals surface area contributed by atoms with Gasteiger partial charge in [0.25, 0.3) is 10.0 Å². The van der Waals surface area contributed by atoms with Gasteiger partial charge >= 0.3 is 0 Å². The highest BCUT2D eigenvalue weighted by molar-refractivity contribution is 7.92. The summed E-state index contributed by atoms with van der Waals surface area (Å²) in [5.74, 6) is -1.48. The van der Waals surface area contributed by atoms with E-state index in [2.05, 4.69) is 5.32 Å². The smallest absolute Gasteiger partial charge is 0.264 e. The molecule has 10 heteroatoms. The van der Waals surface area contributed by atoms with Crippen LogP contribution in [0.4, 0.5) is 10.1 Å². The zero-order chi connectivity index (χ0) is 31.8. The maximum Gasteiger partial charge on any atom is 0.264 e. The maximum absolute atomic E-state index is 14.5. The van der Waals surface area contributed by atoms with E-state index < -0.39 is 34.3 Å². The zero-order valence-corrected chi connectivity index (χ0v) is 26.3. The molecule has 1 aliphatic carbocycles. The van der Waals surface area contributed by atoms with Crippen molar-refractivity contribution in [2.75, 3.05) is 10.8 Å². The van der Waals surface area contributed by atoms with Crippen LogP contribution in [0.2, 0.25) is 5.02 Å². The van der Waals surface area contributed by atoms with Crippen molar-refractivity contribution in [1.29, 1.82) is 0 Å². The van der Waals surface area contributed by atoms with Crippen molar-refractivity contribution in [2.24, 2.45) is 0 Å². The molecule has 45 heavy (non-hydrogen) atoms. The number of anilines is 1. The molecule has 5 rings (SSSR count). The molecule has 0 saturated heterocycles. The van der Waals surface area contributed by atoms with E-state index in [9.17, 15) is 22.4 Å². The summed E-state index contributed by atoms with van der Waals surface area (Å²) < 4.78 is 42.7. The lowest BCUT2D eigenvalue weighted by molar-refractivity contribution is -0.140. The van der Waals surface area contributed by atoms with Crippen molar-refractivity contribution in [3.8, 4) is 0 Å². The Kier molecular flexibility index (Phi) is 10.5. The number of hydrogen-bond donors (Lipinski definition) is 1. The Balaban J connectivity index is 1.56. The van der Waals surface area contributed by atoms with Gasteiger partial charge in [-0.25, -0.2) is 12.8 Å². The average molecular weight is 648 g/mol. The van der Waals surface area contributed by atoms with Crippen molar-refractivity contribution in [2.45, 2.75) is 55.6 Å². The van der Waals surface area contributed by atoms with E-state index in [0.717, 1.165) is 47.7 Å². The van der Waals surface area contributed by atoms with E-state index in [4.69, 9.17) is 11.6 Å². The minimum Gasteiger partial charge on any atom is -0.352 e. The van der Waals surface area contributed by atoms with Crippen LogP contribution in [0.5, 0.6) is 0 Å². The van der Waals surface area contributed by atoms with Crippen molar-refractivity contribution in [3.63, 3.8) is 0 Å². The summed E-state index contributed by atoms with van der Waals surface area (Å²) in [6.07, 6.45) is 3.97. The van der Waals surface area contributed by atoms with Crippen LogP contribution >= 0.6 is 11.6 Å². The average Bonchev–Trinajstić information content (AvgIpc) is 3.56. The second-order valence-corrected chi connectivity index (χ2v) is 13.4. The molecule has 0 radical (unpaired) electrons. The summed E-state index contributed by atoms with van der Waals surface area (Å²) in [6, 6.07) is 28.2. The van der Waals surface area contributed by atoms with Gasteiger partial charge in [-0.2, -0.15) is 0 Å². The number of amides is 2. The maximum atomic E-state index is 14.5. The molecule has 1 N–H and O–H groups in total. The lowest BCUT2D eigenvalue weighted by atomic mass is 10.0. The fourth-order valence-electron chi connectivity index (χ4n) is 5.59. The molecule has 0 aliphatic heterocycles. The Bertz CT molecular complexity index is 1700. The summed E-state index contributed by atoms with van der Waals surface area (Å²) in [5, 5.41) is 3.57. The highest BCUT2D eigenvalue weighted by atomic mass is 35.5. The molecule has 0 heterocycles. The van der Waals surface area contributed by atoms with Crippen LogP contribution in [0, 0.1) is 5.82 Å². The van der Waals surface area contributed by atoms with Gasteiger partial charge in [0.2, 0.25) is 11.8 Å². The lowest BCUT2D eigenvalue weighted by Crippen LogP contribution is -2.54. The van der Waals surface area contributed by atoms with Crippen molar-refractivity contribution in [1.82, 2.24) is 10.2 Å². The fraction of sp³-hybridized carbons (Fsp3) is 0.257. The van der Waals surface area contributed by atoms with Gasteiger partial charge in [-0.05, 0) is 66.4 Å². The quantitative estimate of drug-likeness (QED) is 0.194. The predicted molar refractivity (Wildman–Crippen MR) is 174 cm³/mol. The van der Waals surface area contributed by atoms with Crippen LogP contribution in [0.3, 0.4) is 0 Å². The number of rotatable bonds is 12. The van der Waals surface area contributed by atoms with Gasteiger partial charge in [-0.15, -0.1) is 0 Å². The number of carbonyl (C=O) groups is 2. The van der Waals surface area contributed by atoms with Gasteiger partial charge in [0, 0.05) is 24.0 Å². The Morgan fingerprint density at radius 3 is 2.09 bits per heavy atom. The third-order valence-corrected chi connectivity index (χ3v) is 10.2. The molecule has 7 nitrogen and oxygen atoms in total. The molecule has 234 valence electrons. The summed E-state index contributed by atoms with van der Waals surface area (Å²) >= 11 is 6.55. The molecule has 1 saturated carbocycles. The number of carbonyl (C=O) groups excluding carboxylic acids is 2. The second kappa shape index (κ2) is 14.7. The molecule has 2 amide bonds. The van der Waals surface area contributed by atoms with Crippen molar-refractivity contribution < 1.29 is 22.4 Å². The van der Waals surface area contributed by atoms with Crippen molar-refractivity contribution >= 4 is 39.1 Å². The van der Waals surface area contributed by atoms with E-state index in [1.165, 1.54) is 17.0 Å². The lowest BCUT2D eigenvalue weighted by Gasteiger charge is -2.34. The number of para-hydroxylation sites is 1. The summed E-state index contributed by atoms with van der Waals surface area (Å²) in [4.78, 5) is 29.8. The number of hydrogen-bond acceptors (Lipinski definition) is 4. The van der Waals surface area contributed by atoms with Gasteiger partial charge in [-0.1, -0.05) is 91.2 Å². The minimum absolute atomic E-state index is 0.00714. The molecular weight excluding hydrogens is 613 g/mol. The Hall–Kier alpha value is -4.21. The molecule has 4 aromatic rings. The van der Waals surface area contributed by atoms with Gasteiger partial charge < -0.3 is 10.2 Å². The van der Waals surface area contributed by atoms with Crippen LogP contribution in [0.1, 0.15) is 36.8 Å². The molecule has 1 fully saturated rings. The van der Waals surface area contributed by atoms with Gasteiger partial charge in [-0.3, -0.25) is 13.9 Å². The van der Waals surface area contributed by atoms with E-state index in [1.807, 2.05) is 30.3 Å². The third-order valence-electron chi connectivity index (χ3n) is 8.00. The largest absolute Gasteiger partial charge is 0.352 e. The van der Waals surface area contributed by atoms with Crippen LogP contribution in [-0.2, 0) is 32.6 Å². The normalized spacial score (nSPS) is 14.1. The number of sulfonamides is 1. The molecule has 0 spiro atoms. The first-order valence-electron chi connectivity index (χ1n) is 14.9. The highest BCUT2D eigenvalue weighted by Crippen LogP contribution is 2.26. The second-order valence-electron chi connectivity index (χ2n) is 11.1. The van der Waals surface area contributed by atoms with Gasteiger partial charge in [0.1, 0.15) is 18.4 Å². The number of halogens is 2. The number of benzene rings is 4. The van der Waals surface area contributed by atoms with Crippen LogP contribution < -0.4 is 9.62 Å². The number of nitrogens with zero attached hydrogens (tertiary/aromatic N) is 2. The molecule has 4 aromatic carbocycles. The Morgan fingerprint density at radius 1 is 0.844 bits per heavy atom. The third kappa shape index (κ3) is 8.09. The van der Waals surface area contributed by atoms with Crippen LogP contribution in [0.15, 0.2) is 114 Å². The molecule has 0 unspecified atom stereocenters. The monoisotopic (exact) mass is 647 g/mol. The number of nitrogens with one attached hydrogen (secondary N) is 1. The van der Waals surface area contributed by atoms with Crippen molar-refractivity contribution in [3.05, 3.63) is 131 Å². The van der Waals surface area contributed by atoms with E-state index >= 15 is 0 Å². The molecule has 0 bridgehead atoms. The first-order chi connectivity index (χ1) is 21.7. The van der Waals surface area contributed by atoms with Crippen LogP contribution in [0.25, 0.3) is 0 Å². The van der Waals surface area contributed by atoms with E-state index in [0.29, 0.717) is 10.6 Å². The molecule has 0 aromatic heterocycles. The molecule has 1 atom stereocenters. The fourth-order valence-corrected chi connectivity index (χ4v) is 7.20. The first-order valence-corrected chi connectivity index (χ1v) is 16.7. The minimum atomic E-state index is -4.31. The summed E-state index contributed by atoms with van der Waals surface area (Å²) in [5.41, 5.74) is 1.72. The van der Waals surface area contributed by atoms with Gasteiger partial charge in [0.15, 0.2) is 0 Å². The molecular formula is C35H35ClFN3O4S.